The first-order valence-electron chi connectivity index (χ1n) is 13.1. The van der Waals surface area contributed by atoms with Crippen molar-refractivity contribution in [3.8, 4) is 5.75 Å². The summed E-state index contributed by atoms with van der Waals surface area (Å²) in [5.41, 5.74) is 4.06. The summed E-state index contributed by atoms with van der Waals surface area (Å²) in [6.07, 6.45) is 5.33. The number of ketones is 1. The van der Waals surface area contributed by atoms with Gasteiger partial charge in [-0.15, -0.1) is 0 Å². The van der Waals surface area contributed by atoms with E-state index < -0.39 is 17.7 Å². The molecular weight excluding hydrogens is 476 g/mol. The van der Waals surface area contributed by atoms with Crippen LogP contribution in [0.1, 0.15) is 74.4 Å². The van der Waals surface area contributed by atoms with E-state index in [9.17, 15) is 14.7 Å². The molecule has 3 aromatic rings. The van der Waals surface area contributed by atoms with Gasteiger partial charge in [0.15, 0.2) is 0 Å². The molecule has 2 aromatic carbocycles. The molecule has 1 N–H and O–H groups in total. The number of aryl methyl sites for hydroxylation is 1. The first-order chi connectivity index (χ1) is 18.1. The number of amides is 1. The fraction of sp³-hybridized carbons (Fsp3) is 0.344. The number of aliphatic hydroxyl groups is 1. The molecule has 0 radical (unpaired) electrons. The fourth-order valence-corrected chi connectivity index (χ4v) is 4.68. The Kier molecular flexibility index (Phi) is 8.00. The molecular formula is C32H36N2O4. The van der Waals surface area contributed by atoms with Gasteiger partial charge in [0.25, 0.3) is 11.7 Å². The molecule has 1 aromatic heterocycles. The molecule has 1 saturated heterocycles. The quantitative estimate of drug-likeness (QED) is 0.162. The first kappa shape index (κ1) is 27.1. The summed E-state index contributed by atoms with van der Waals surface area (Å²) in [4.78, 5) is 32.4. The highest BCUT2D eigenvalue weighted by Crippen LogP contribution is 2.41. The third-order valence-electron chi connectivity index (χ3n) is 6.91. The highest BCUT2D eigenvalue weighted by atomic mass is 16.5. The zero-order valence-electron chi connectivity index (χ0n) is 22.8. The molecule has 1 aliphatic rings. The van der Waals surface area contributed by atoms with Crippen molar-refractivity contribution in [2.45, 2.75) is 65.5 Å². The van der Waals surface area contributed by atoms with Gasteiger partial charge in [0, 0.05) is 24.5 Å². The number of unbranched alkanes of at least 4 members (excludes halogenated alkanes) is 1. The Morgan fingerprint density at radius 2 is 1.82 bits per heavy atom. The first-order valence-corrected chi connectivity index (χ1v) is 13.1. The third kappa shape index (κ3) is 5.64. The van der Waals surface area contributed by atoms with Crippen molar-refractivity contribution in [3.63, 3.8) is 0 Å². The topological polar surface area (TPSA) is 79.7 Å². The number of rotatable bonds is 8. The van der Waals surface area contributed by atoms with Crippen molar-refractivity contribution in [3.05, 3.63) is 100 Å². The van der Waals surface area contributed by atoms with Crippen molar-refractivity contribution in [1.82, 2.24) is 9.88 Å². The van der Waals surface area contributed by atoms with Crippen molar-refractivity contribution >= 4 is 17.4 Å². The van der Waals surface area contributed by atoms with E-state index in [0.29, 0.717) is 12.2 Å². The van der Waals surface area contributed by atoms with E-state index in [1.165, 1.54) is 4.90 Å². The van der Waals surface area contributed by atoms with Gasteiger partial charge in [0.2, 0.25) is 0 Å². The van der Waals surface area contributed by atoms with E-state index in [-0.39, 0.29) is 23.3 Å². The molecule has 1 amide bonds. The van der Waals surface area contributed by atoms with E-state index in [2.05, 4.69) is 32.7 Å². The number of aliphatic hydroxyl groups excluding tert-OH is 1. The Hall–Kier alpha value is -3.93. The smallest absolute Gasteiger partial charge is 0.295 e. The third-order valence-corrected chi connectivity index (χ3v) is 6.91. The van der Waals surface area contributed by atoms with Crippen LogP contribution in [0.5, 0.6) is 5.75 Å². The Morgan fingerprint density at radius 1 is 1.08 bits per heavy atom. The maximum atomic E-state index is 13.4. The standard InChI is InChI=1S/C32H36N2O4/c1-6-7-17-38-26-15-12-24(18-21(26)2)29(35)27-28(23-10-13-25(14-11-23)32(3,4)5)34(31(37)30(27)36)20-22-9-8-16-33-19-22/h8-16,18-19,28,35H,6-7,17,20H2,1-5H3/b29-27+. The predicted molar refractivity (Wildman–Crippen MR) is 149 cm³/mol. The van der Waals surface area contributed by atoms with Gasteiger partial charge in [-0.05, 0) is 65.3 Å². The lowest BCUT2D eigenvalue weighted by atomic mass is 9.85. The molecule has 0 aliphatic carbocycles. The summed E-state index contributed by atoms with van der Waals surface area (Å²) in [6.45, 7) is 11.2. The van der Waals surface area contributed by atoms with Gasteiger partial charge >= 0.3 is 0 Å². The maximum Gasteiger partial charge on any atom is 0.295 e. The van der Waals surface area contributed by atoms with E-state index in [1.54, 1.807) is 36.7 Å². The van der Waals surface area contributed by atoms with Gasteiger partial charge in [-0.25, -0.2) is 0 Å². The SMILES string of the molecule is CCCCOc1ccc(/C(O)=C2\C(=O)C(=O)N(Cc3cccnc3)C2c2ccc(C(C)(C)C)cc2)cc1C. The average molecular weight is 513 g/mol. The van der Waals surface area contributed by atoms with Crippen LogP contribution in [0.2, 0.25) is 0 Å². The average Bonchev–Trinajstić information content (AvgIpc) is 3.14. The Labute approximate surface area is 225 Å². The fourth-order valence-electron chi connectivity index (χ4n) is 4.68. The second-order valence-corrected chi connectivity index (χ2v) is 10.8. The molecule has 1 atom stereocenters. The minimum absolute atomic E-state index is 0.0471. The van der Waals surface area contributed by atoms with Gasteiger partial charge in [0.1, 0.15) is 11.5 Å². The molecule has 0 spiro atoms. The molecule has 1 unspecified atom stereocenters. The van der Waals surface area contributed by atoms with Crippen LogP contribution < -0.4 is 4.74 Å². The lowest BCUT2D eigenvalue weighted by Gasteiger charge is -2.26. The van der Waals surface area contributed by atoms with Crippen LogP contribution >= 0.6 is 0 Å². The maximum absolute atomic E-state index is 13.4. The van der Waals surface area contributed by atoms with Crippen LogP contribution in [0.15, 0.2) is 72.6 Å². The summed E-state index contributed by atoms with van der Waals surface area (Å²) in [5.74, 6) is -0.791. The number of likely N-dealkylation sites (tertiary alicyclic amines) is 1. The van der Waals surface area contributed by atoms with Gasteiger partial charge in [-0.1, -0.05) is 64.4 Å². The second-order valence-electron chi connectivity index (χ2n) is 10.8. The van der Waals surface area contributed by atoms with Crippen molar-refractivity contribution < 1.29 is 19.4 Å². The van der Waals surface area contributed by atoms with Crippen LogP contribution in [-0.4, -0.2) is 33.3 Å². The number of ether oxygens (including phenoxy) is 1. The number of pyridine rings is 1. The van der Waals surface area contributed by atoms with Crippen molar-refractivity contribution in [2.24, 2.45) is 0 Å². The molecule has 4 rings (SSSR count). The van der Waals surface area contributed by atoms with Crippen LogP contribution in [0.25, 0.3) is 5.76 Å². The summed E-state index contributed by atoms with van der Waals surface area (Å²) in [7, 11) is 0. The predicted octanol–water partition coefficient (Wildman–Crippen LogP) is 6.49. The number of nitrogens with zero attached hydrogens (tertiary/aromatic N) is 2. The summed E-state index contributed by atoms with van der Waals surface area (Å²) in [6, 6.07) is 16.2. The molecule has 38 heavy (non-hydrogen) atoms. The number of aromatic nitrogens is 1. The highest BCUT2D eigenvalue weighted by Gasteiger charge is 2.46. The zero-order chi connectivity index (χ0) is 27.4. The van der Waals surface area contributed by atoms with E-state index in [1.807, 2.05) is 37.3 Å². The summed E-state index contributed by atoms with van der Waals surface area (Å²) >= 11 is 0. The van der Waals surface area contributed by atoms with E-state index >= 15 is 0 Å². The normalized spacial score (nSPS) is 17.2. The summed E-state index contributed by atoms with van der Waals surface area (Å²) in [5, 5.41) is 11.5. The highest BCUT2D eigenvalue weighted by molar-refractivity contribution is 6.46. The zero-order valence-corrected chi connectivity index (χ0v) is 22.8. The molecule has 198 valence electrons. The molecule has 1 aliphatic heterocycles. The molecule has 0 saturated carbocycles. The van der Waals surface area contributed by atoms with Crippen LogP contribution in [0.3, 0.4) is 0 Å². The van der Waals surface area contributed by atoms with Gasteiger partial charge < -0.3 is 14.7 Å². The molecule has 2 heterocycles. The minimum atomic E-state index is -0.731. The number of hydrogen-bond acceptors (Lipinski definition) is 5. The minimum Gasteiger partial charge on any atom is -0.507 e. The Morgan fingerprint density at radius 3 is 2.42 bits per heavy atom. The Bertz CT molecular complexity index is 1340. The lowest BCUT2D eigenvalue weighted by Crippen LogP contribution is -2.29. The van der Waals surface area contributed by atoms with Crippen molar-refractivity contribution in [2.75, 3.05) is 6.61 Å². The van der Waals surface area contributed by atoms with Crippen molar-refractivity contribution in [1.29, 1.82) is 0 Å². The van der Waals surface area contributed by atoms with Crippen LogP contribution in [-0.2, 0) is 21.5 Å². The van der Waals surface area contributed by atoms with Gasteiger partial charge in [0.05, 0.1) is 18.2 Å². The number of carbonyl (C=O) groups excluding carboxylic acids is 2. The van der Waals surface area contributed by atoms with Crippen LogP contribution in [0, 0.1) is 6.92 Å². The van der Waals surface area contributed by atoms with Gasteiger partial charge in [-0.2, -0.15) is 0 Å². The molecule has 6 nitrogen and oxygen atoms in total. The molecule has 0 bridgehead atoms. The Balaban J connectivity index is 1.79. The monoisotopic (exact) mass is 512 g/mol. The van der Waals surface area contributed by atoms with E-state index in [0.717, 1.165) is 40.8 Å². The van der Waals surface area contributed by atoms with Crippen LogP contribution in [0.4, 0.5) is 0 Å². The number of carbonyl (C=O) groups is 2. The van der Waals surface area contributed by atoms with Gasteiger partial charge in [-0.3, -0.25) is 14.6 Å². The lowest BCUT2D eigenvalue weighted by molar-refractivity contribution is -0.140. The largest absolute Gasteiger partial charge is 0.507 e. The number of hydrogen-bond donors (Lipinski definition) is 1. The van der Waals surface area contributed by atoms with E-state index in [4.69, 9.17) is 4.74 Å². The molecule has 1 fully saturated rings. The number of benzene rings is 2. The second kappa shape index (κ2) is 11.2. The summed E-state index contributed by atoms with van der Waals surface area (Å²) < 4.78 is 5.86. The number of Topliss-reactive ketones (excluding diaryl/α,β-unsaturated/α-hetero) is 1. The molecule has 6 heteroatoms.